The molecule has 1 aliphatic carbocycles. The number of hydrogen-bond acceptors (Lipinski definition) is 4. The molecular formula is C10H11BrN4O. The molecule has 5 nitrogen and oxygen atoms in total. The summed E-state index contributed by atoms with van der Waals surface area (Å²) in [5.41, 5.74) is 6.86. The van der Waals surface area contributed by atoms with Gasteiger partial charge in [-0.2, -0.15) is 0 Å². The maximum Gasteiger partial charge on any atom is 0.169 e. The molecule has 2 N–H and O–H groups in total. The van der Waals surface area contributed by atoms with Crippen molar-refractivity contribution in [2.75, 3.05) is 5.73 Å². The third kappa shape index (κ3) is 1.73. The number of nitrogens with zero attached hydrogens (tertiary/aromatic N) is 3. The second-order valence-electron chi connectivity index (χ2n) is 4.00. The summed E-state index contributed by atoms with van der Waals surface area (Å²) < 4.78 is 8.00. The topological polar surface area (TPSA) is 69.9 Å². The number of aromatic nitrogens is 3. The zero-order valence-corrected chi connectivity index (χ0v) is 10.1. The first-order chi connectivity index (χ1) is 7.74. The Hall–Kier alpha value is -1.30. The molecule has 0 aromatic carbocycles. The molecule has 0 saturated heterocycles. The van der Waals surface area contributed by atoms with E-state index in [1.807, 2.05) is 16.8 Å². The summed E-state index contributed by atoms with van der Waals surface area (Å²) in [7, 11) is 0. The van der Waals surface area contributed by atoms with Crippen LogP contribution in [-0.2, 0) is 6.54 Å². The van der Waals surface area contributed by atoms with E-state index in [9.17, 15) is 0 Å². The van der Waals surface area contributed by atoms with Crippen molar-refractivity contribution in [3.05, 3.63) is 28.3 Å². The Morgan fingerprint density at radius 1 is 1.50 bits per heavy atom. The molecule has 84 valence electrons. The van der Waals surface area contributed by atoms with Crippen LogP contribution >= 0.6 is 15.9 Å². The first-order valence-corrected chi connectivity index (χ1v) is 5.96. The van der Waals surface area contributed by atoms with Gasteiger partial charge in [0.1, 0.15) is 12.3 Å². The molecule has 1 aliphatic rings. The molecule has 0 bridgehead atoms. The van der Waals surface area contributed by atoms with E-state index in [0.29, 0.717) is 18.3 Å². The van der Waals surface area contributed by atoms with Crippen molar-refractivity contribution in [2.24, 2.45) is 0 Å². The minimum atomic E-state index is 0.536. The number of hydrogen-bond donors (Lipinski definition) is 1. The predicted octanol–water partition coefficient (Wildman–Crippen LogP) is 2.14. The van der Waals surface area contributed by atoms with E-state index in [4.69, 9.17) is 10.2 Å². The van der Waals surface area contributed by atoms with Crippen molar-refractivity contribution in [1.82, 2.24) is 15.0 Å². The number of rotatable bonds is 3. The summed E-state index contributed by atoms with van der Waals surface area (Å²) in [6.45, 7) is 0.585. The molecule has 6 heteroatoms. The Bertz CT molecular complexity index is 515. The summed E-state index contributed by atoms with van der Waals surface area (Å²) in [4.78, 5) is 0. The molecule has 2 heterocycles. The Morgan fingerprint density at radius 2 is 2.31 bits per heavy atom. The van der Waals surface area contributed by atoms with Crippen LogP contribution in [0.15, 0.2) is 21.2 Å². The van der Waals surface area contributed by atoms with Crippen molar-refractivity contribution in [3.63, 3.8) is 0 Å². The first-order valence-electron chi connectivity index (χ1n) is 5.17. The second-order valence-corrected chi connectivity index (χ2v) is 4.78. The Kier molecular flexibility index (Phi) is 2.24. The molecule has 16 heavy (non-hydrogen) atoms. The van der Waals surface area contributed by atoms with Crippen LogP contribution in [0, 0.1) is 0 Å². The van der Waals surface area contributed by atoms with Crippen LogP contribution < -0.4 is 5.73 Å². The third-order valence-corrected chi connectivity index (χ3v) is 3.13. The molecule has 2 aromatic rings. The highest BCUT2D eigenvalue weighted by Crippen LogP contribution is 2.42. The van der Waals surface area contributed by atoms with Crippen LogP contribution in [-0.4, -0.2) is 15.0 Å². The molecule has 0 amide bonds. The van der Waals surface area contributed by atoms with Crippen LogP contribution in [0.5, 0.6) is 0 Å². The molecule has 1 fully saturated rings. The number of nitrogen functional groups attached to an aromatic ring is 1. The van der Waals surface area contributed by atoms with Crippen LogP contribution in [0.25, 0.3) is 0 Å². The fourth-order valence-electron chi connectivity index (χ4n) is 1.81. The number of anilines is 1. The summed E-state index contributed by atoms with van der Waals surface area (Å²) >= 11 is 3.27. The summed E-state index contributed by atoms with van der Waals surface area (Å²) in [6.07, 6.45) is 2.36. The van der Waals surface area contributed by atoms with Crippen molar-refractivity contribution < 1.29 is 4.42 Å². The second kappa shape index (κ2) is 3.62. The quantitative estimate of drug-likeness (QED) is 0.936. The molecular weight excluding hydrogens is 272 g/mol. The van der Waals surface area contributed by atoms with Gasteiger partial charge in [0.25, 0.3) is 0 Å². The lowest BCUT2D eigenvalue weighted by molar-refractivity contribution is 0.453. The van der Waals surface area contributed by atoms with E-state index < -0.39 is 0 Å². The fraction of sp³-hybridized carbons (Fsp3) is 0.400. The summed E-state index contributed by atoms with van der Waals surface area (Å²) in [6, 6.07) is 3.78. The molecule has 3 rings (SSSR count). The smallest absolute Gasteiger partial charge is 0.169 e. The highest BCUT2D eigenvalue weighted by Gasteiger charge is 2.30. The highest BCUT2D eigenvalue weighted by atomic mass is 79.9. The van der Waals surface area contributed by atoms with Crippen LogP contribution in [0.2, 0.25) is 0 Å². The monoisotopic (exact) mass is 282 g/mol. The van der Waals surface area contributed by atoms with E-state index in [-0.39, 0.29) is 0 Å². The summed E-state index contributed by atoms with van der Waals surface area (Å²) in [5, 5.41) is 7.97. The number of halogens is 1. The Morgan fingerprint density at radius 3 is 2.94 bits per heavy atom. The van der Waals surface area contributed by atoms with Gasteiger partial charge in [-0.1, -0.05) is 5.21 Å². The fourth-order valence-corrected chi connectivity index (χ4v) is 2.15. The first kappa shape index (κ1) is 9.89. The molecule has 2 aromatic heterocycles. The standard InChI is InChI=1S/C10H11BrN4O/c11-8-4-3-7(16-8)5-15-9(6-1-2-6)10(12)13-14-15/h3-4,6H,1-2,5,12H2. The van der Waals surface area contributed by atoms with Crippen LogP contribution in [0.3, 0.4) is 0 Å². The average Bonchev–Trinajstić information content (AvgIpc) is 2.91. The van der Waals surface area contributed by atoms with Crippen molar-refractivity contribution in [3.8, 4) is 0 Å². The molecule has 0 atom stereocenters. The van der Waals surface area contributed by atoms with Gasteiger partial charge in [-0.3, -0.25) is 0 Å². The zero-order chi connectivity index (χ0) is 11.1. The zero-order valence-electron chi connectivity index (χ0n) is 8.56. The average molecular weight is 283 g/mol. The van der Waals surface area contributed by atoms with Crippen LogP contribution in [0.1, 0.15) is 30.2 Å². The van der Waals surface area contributed by atoms with E-state index >= 15 is 0 Å². The van der Waals surface area contributed by atoms with Gasteiger partial charge in [0.2, 0.25) is 0 Å². The maximum absolute atomic E-state index is 5.81. The van der Waals surface area contributed by atoms with Gasteiger partial charge in [-0.15, -0.1) is 5.10 Å². The van der Waals surface area contributed by atoms with Crippen molar-refractivity contribution in [1.29, 1.82) is 0 Å². The Balaban J connectivity index is 1.89. The number of nitrogens with two attached hydrogens (primary N) is 1. The van der Waals surface area contributed by atoms with E-state index in [0.717, 1.165) is 16.1 Å². The van der Waals surface area contributed by atoms with Gasteiger partial charge in [0.05, 0.1) is 5.69 Å². The van der Waals surface area contributed by atoms with E-state index in [1.54, 1.807) is 0 Å². The largest absolute Gasteiger partial charge is 0.452 e. The molecule has 0 spiro atoms. The van der Waals surface area contributed by atoms with Crippen molar-refractivity contribution in [2.45, 2.75) is 25.3 Å². The molecule has 0 radical (unpaired) electrons. The van der Waals surface area contributed by atoms with Gasteiger partial charge >= 0.3 is 0 Å². The van der Waals surface area contributed by atoms with E-state index in [1.165, 1.54) is 12.8 Å². The van der Waals surface area contributed by atoms with E-state index in [2.05, 4.69) is 26.2 Å². The van der Waals surface area contributed by atoms with Gasteiger partial charge in [0, 0.05) is 5.92 Å². The minimum absolute atomic E-state index is 0.536. The lowest BCUT2D eigenvalue weighted by Crippen LogP contribution is -2.05. The van der Waals surface area contributed by atoms with Gasteiger partial charge in [-0.25, -0.2) is 4.68 Å². The van der Waals surface area contributed by atoms with Crippen LogP contribution in [0.4, 0.5) is 5.82 Å². The lowest BCUT2D eigenvalue weighted by atomic mass is 10.3. The SMILES string of the molecule is Nc1nnn(Cc2ccc(Br)o2)c1C1CC1. The Labute approximate surface area is 101 Å². The normalized spacial score (nSPS) is 15.6. The molecule has 0 unspecified atom stereocenters. The highest BCUT2D eigenvalue weighted by molar-refractivity contribution is 9.10. The summed E-state index contributed by atoms with van der Waals surface area (Å²) in [5.74, 6) is 1.93. The predicted molar refractivity (Wildman–Crippen MR) is 61.9 cm³/mol. The molecule has 1 saturated carbocycles. The third-order valence-electron chi connectivity index (χ3n) is 2.70. The molecule has 0 aliphatic heterocycles. The lowest BCUT2D eigenvalue weighted by Gasteiger charge is -2.03. The maximum atomic E-state index is 5.81. The van der Waals surface area contributed by atoms with Gasteiger partial charge in [-0.05, 0) is 40.9 Å². The minimum Gasteiger partial charge on any atom is -0.452 e. The number of furan rings is 1. The van der Waals surface area contributed by atoms with Gasteiger partial charge in [0.15, 0.2) is 10.5 Å². The van der Waals surface area contributed by atoms with Gasteiger partial charge < -0.3 is 10.2 Å². The van der Waals surface area contributed by atoms with Crippen molar-refractivity contribution >= 4 is 21.7 Å².